The highest BCUT2D eigenvalue weighted by molar-refractivity contribution is 5.47. The highest BCUT2D eigenvalue weighted by atomic mass is 15.3. The van der Waals surface area contributed by atoms with Gasteiger partial charge in [0.05, 0.1) is 5.69 Å². The number of aryl methyl sites for hydroxylation is 1. The number of hydrogen-bond acceptors (Lipinski definition) is 6. The van der Waals surface area contributed by atoms with Crippen LogP contribution in [0.25, 0.3) is 0 Å². The molecule has 0 radical (unpaired) electrons. The van der Waals surface area contributed by atoms with Crippen LogP contribution >= 0.6 is 0 Å². The molecule has 2 aromatic rings. The minimum absolute atomic E-state index is 0.135. The zero-order valence-corrected chi connectivity index (χ0v) is 13.0. The molecule has 21 heavy (non-hydrogen) atoms. The summed E-state index contributed by atoms with van der Waals surface area (Å²) in [5.74, 6) is 7.59. The molecule has 2 aromatic heterocycles. The van der Waals surface area contributed by atoms with Gasteiger partial charge in [0.25, 0.3) is 0 Å². The monoisotopic (exact) mass is 289 g/mol. The van der Waals surface area contributed by atoms with Crippen LogP contribution in [0.1, 0.15) is 32.3 Å². The maximum absolute atomic E-state index is 5.47. The van der Waals surface area contributed by atoms with Crippen molar-refractivity contribution in [1.29, 1.82) is 0 Å². The molecule has 0 aromatic carbocycles. The maximum Gasteiger partial charge on any atom is 0.145 e. The molecule has 7 nitrogen and oxygen atoms in total. The van der Waals surface area contributed by atoms with E-state index in [1.54, 1.807) is 10.7 Å². The molecule has 0 spiro atoms. The third-order valence-electron chi connectivity index (χ3n) is 3.00. The van der Waals surface area contributed by atoms with E-state index in [0.717, 1.165) is 30.3 Å². The minimum Gasteiger partial charge on any atom is -0.370 e. The molecule has 2 heterocycles. The van der Waals surface area contributed by atoms with Gasteiger partial charge in [0.2, 0.25) is 0 Å². The molecule has 0 aliphatic carbocycles. The van der Waals surface area contributed by atoms with Crippen LogP contribution in [-0.4, -0.2) is 26.3 Å². The predicted octanol–water partition coefficient (Wildman–Crippen LogP) is 1.45. The Labute approximate surface area is 124 Å². The average Bonchev–Trinajstić information content (AvgIpc) is 2.83. The summed E-state index contributed by atoms with van der Waals surface area (Å²) in [4.78, 5) is 8.94. The normalized spacial score (nSPS) is 11.5. The first kappa shape index (κ1) is 15.2. The Morgan fingerprint density at radius 3 is 2.52 bits per heavy atom. The summed E-state index contributed by atoms with van der Waals surface area (Å²) in [6, 6.07) is 3.81. The third-order valence-corrected chi connectivity index (χ3v) is 3.00. The number of hydrogen-bond donors (Lipinski definition) is 3. The Balaban J connectivity index is 2.05. The summed E-state index contributed by atoms with van der Waals surface area (Å²) >= 11 is 0. The fourth-order valence-corrected chi connectivity index (χ4v) is 1.86. The van der Waals surface area contributed by atoms with Gasteiger partial charge in [0.15, 0.2) is 0 Å². The predicted molar refractivity (Wildman–Crippen MR) is 83.9 cm³/mol. The zero-order valence-electron chi connectivity index (χ0n) is 13.0. The van der Waals surface area contributed by atoms with Crippen LogP contribution in [0.15, 0.2) is 18.3 Å². The standard InChI is InChI=1S/C14H23N7/c1-14(2,3)13-17-11(9-12(18-13)19-15)16-7-5-10-6-8-21(4)20-10/h6,8-9H,5,7,15H2,1-4H3,(H2,16,17,18,19). The Bertz CT molecular complexity index is 598. The smallest absolute Gasteiger partial charge is 0.145 e. The largest absolute Gasteiger partial charge is 0.370 e. The van der Waals surface area contributed by atoms with Crippen LogP contribution < -0.4 is 16.6 Å². The lowest BCUT2D eigenvalue weighted by atomic mass is 9.96. The number of aromatic nitrogens is 4. The second-order valence-electron chi connectivity index (χ2n) is 6.01. The van der Waals surface area contributed by atoms with Gasteiger partial charge < -0.3 is 10.7 Å². The molecule has 2 rings (SSSR count). The van der Waals surface area contributed by atoms with E-state index in [0.29, 0.717) is 5.82 Å². The first-order chi connectivity index (χ1) is 9.88. The van der Waals surface area contributed by atoms with Crippen molar-refractivity contribution in [1.82, 2.24) is 19.7 Å². The molecule has 0 aliphatic rings. The fourth-order valence-electron chi connectivity index (χ4n) is 1.86. The van der Waals surface area contributed by atoms with Crippen molar-refractivity contribution in [3.8, 4) is 0 Å². The Morgan fingerprint density at radius 2 is 1.95 bits per heavy atom. The lowest BCUT2D eigenvalue weighted by Crippen LogP contribution is -2.20. The summed E-state index contributed by atoms with van der Waals surface area (Å²) < 4.78 is 1.80. The van der Waals surface area contributed by atoms with Gasteiger partial charge in [0.1, 0.15) is 17.5 Å². The van der Waals surface area contributed by atoms with Crippen molar-refractivity contribution in [2.24, 2.45) is 12.9 Å². The molecular formula is C14H23N7. The molecule has 0 bridgehead atoms. The minimum atomic E-state index is -0.135. The highest BCUT2D eigenvalue weighted by Gasteiger charge is 2.19. The van der Waals surface area contributed by atoms with Crippen molar-refractivity contribution in [2.75, 3.05) is 17.3 Å². The number of rotatable bonds is 5. The van der Waals surface area contributed by atoms with E-state index in [2.05, 4.69) is 46.6 Å². The molecule has 7 heteroatoms. The van der Waals surface area contributed by atoms with Gasteiger partial charge in [-0.1, -0.05) is 20.8 Å². The lowest BCUT2D eigenvalue weighted by molar-refractivity contribution is 0.546. The van der Waals surface area contributed by atoms with Crippen molar-refractivity contribution >= 4 is 11.6 Å². The Hall–Kier alpha value is -2.15. The molecule has 0 aliphatic heterocycles. The van der Waals surface area contributed by atoms with Crippen molar-refractivity contribution in [3.63, 3.8) is 0 Å². The molecule has 4 N–H and O–H groups in total. The van der Waals surface area contributed by atoms with E-state index in [-0.39, 0.29) is 5.41 Å². The molecule has 0 saturated heterocycles. The van der Waals surface area contributed by atoms with Gasteiger partial charge in [0, 0.05) is 37.7 Å². The van der Waals surface area contributed by atoms with Gasteiger partial charge in [-0.05, 0) is 6.07 Å². The SMILES string of the molecule is Cn1ccc(CCNc2cc(NN)nc(C(C)(C)C)n2)n1. The molecular weight excluding hydrogens is 266 g/mol. The number of nitrogens with one attached hydrogen (secondary N) is 2. The number of anilines is 2. The summed E-state index contributed by atoms with van der Waals surface area (Å²) in [7, 11) is 1.91. The second kappa shape index (κ2) is 6.09. The number of nitrogens with zero attached hydrogens (tertiary/aromatic N) is 4. The van der Waals surface area contributed by atoms with Crippen LogP contribution in [0, 0.1) is 0 Å². The van der Waals surface area contributed by atoms with Gasteiger partial charge in [-0.3, -0.25) is 4.68 Å². The van der Waals surface area contributed by atoms with E-state index in [1.807, 2.05) is 19.3 Å². The number of nitrogens with two attached hydrogens (primary N) is 1. The van der Waals surface area contributed by atoms with E-state index < -0.39 is 0 Å². The van der Waals surface area contributed by atoms with Gasteiger partial charge >= 0.3 is 0 Å². The zero-order chi connectivity index (χ0) is 15.5. The van der Waals surface area contributed by atoms with E-state index in [9.17, 15) is 0 Å². The Kier molecular flexibility index (Phi) is 4.42. The van der Waals surface area contributed by atoms with Gasteiger partial charge in [-0.2, -0.15) is 5.10 Å². The van der Waals surface area contributed by atoms with Crippen molar-refractivity contribution < 1.29 is 0 Å². The van der Waals surface area contributed by atoms with Crippen LogP contribution in [0.2, 0.25) is 0 Å². The summed E-state index contributed by atoms with van der Waals surface area (Å²) in [5.41, 5.74) is 3.50. The summed E-state index contributed by atoms with van der Waals surface area (Å²) in [6.45, 7) is 6.96. The van der Waals surface area contributed by atoms with Crippen LogP contribution in [-0.2, 0) is 18.9 Å². The van der Waals surface area contributed by atoms with E-state index in [1.165, 1.54) is 0 Å². The van der Waals surface area contributed by atoms with Crippen LogP contribution in [0.4, 0.5) is 11.6 Å². The third kappa shape index (κ3) is 4.16. The number of hydrazine groups is 1. The topological polar surface area (TPSA) is 93.7 Å². The molecule has 0 fully saturated rings. The van der Waals surface area contributed by atoms with E-state index in [4.69, 9.17) is 5.84 Å². The fraction of sp³-hybridized carbons (Fsp3) is 0.500. The molecule has 114 valence electrons. The van der Waals surface area contributed by atoms with Gasteiger partial charge in [-0.15, -0.1) is 0 Å². The van der Waals surface area contributed by atoms with Crippen molar-refractivity contribution in [3.05, 3.63) is 29.8 Å². The molecule has 0 saturated carbocycles. The quantitative estimate of drug-likeness (QED) is 0.570. The number of nitrogen functional groups attached to an aromatic ring is 1. The highest BCUT2D eigenvalue weighted by Crippen LogP contribution is 2.21. The average molecular weight is 289 g/mol. The maximum atomic E-state index is 5.47. The second-order valence-corrected chi connectivity index (χ2v) is 6.01. The molecule has 0 amide bonds. The summed E-state index contributed by atoms with van der Waals surface area (Å²) in [5, 5.41) is 7.64. The first-order valence-electron chi connectivity index (χ1n) is 6.97. The Morgan fingerprint density at radius 1 is 1.24 bits per heavy atom. The molecule has 0 unspecified atom stereocenters. The lowest BCUT2D eigenvalue weighted by Gasteiger charge is -2.18. The van der Waals surface area contributed by atoms with Crippen LogP contribution in [0.5, 0.6) is 0 Å². The van der Waals surface area contributed by atoms with Crippen LogP contribution in [0.3, 0.4) is 0 Å². The summed E-state index contributed by atoms with van der Waals surface area (Å²) in [6.07, 6.45) is 2.77. The van der Waals surface area contributed by atoms with Gasteiger partial charge in [-0.25, -0.2) is 15.8 Å². The molecule has 0 atom stereocenters. The van der Waals surface area contributed by atoms with Crippen molar-refractivity contribution in [2.45, 2.75) is 32.6 Å². The van der Waals surface area contributed by atoms with E-state index >= 15 is 0 Å². The first-order valence-corrected chi connectivity index (χ1v) is 6.97.